The van der Waals surface area contributed by atoms with Crippen LogP contribution in [0.15, 0.2) is 65.1 Å². The van der Waals surface area contributed by atoms with Crippen molar-refractivity contribution >= 4 is 17.6 Å². The van der Waals surface area contributed by atoms with Crippen LogP contribution in [0.25, 0.3) is 11.3 Å². The maximum Gasteiger partial charge on any atom is 0.339 e. The van der Waals surface area contributed by atoms with E-state index in [1.165, 1.54) is 25.3 Å². The lowest BCUT2D eigenvalue weighted by molar-refractivity contribution is 0.0602. The van der Waals surface area contributed by atoms with Crippen molar-refractivity contribution in [3.8, 4) is 11.3 Å². The van der Waals surface area contributed by atoms with Crippen molar-refractivity contribution in [2.24, 2.45) is 0 Å². The zero-order chi connectivity index (χ0) is 17.8. The van der Waals surface area contributed by atoms with Gasteiger partial charge in [0.15, 0.2) is 5.76 Å². The molecule has 0 bridgehead atoms. The van der Waals surface area contributed by atoms with Gasteiger partial charge in [0, 0.05) is 5.56 Å². The third-order valence-corrected chi connectivity index (χ3v) is 3.54. The summed E-state index contributed by atoms with van der Waals surface area (Å²) in [6, 6.07) is 15.4. The third kappa shape index (κ3) is 3.58. The summed E-state index contributed by atoms with van der Waals surface area (Å²) < 4.78 is 23.2. The number of hydrogen-bond donors (Lipinski definition) is 1. The number of halogens is 1. The molecule has 1 heterocycles. The molecule has 1 aromatic heterocycles. The molecule has 0 radical (unpaired) electrons. The van der Waals surface area contributed by atoms with Gasteiger partial charge in [-0.1, -0.05) is 12.1 Å². The van der Waals surface area contributed by atoms with Crippen molar-refractivity contribution in [2.45, 2.75) is 0 Å². The van der Waals surface area contributed by atoms with Gasteiger partial charge in [0.05, 0.1) is 18.4 Å². The lowest BCUT2D eigenvalue weighted by atomic mass is 10.1. The van der Waals surface area contributed by atoms with E-state index in [9.17, 15) is 14.0 Å². The van der Waals surface area contributed by atoms with E-state index in [0.29, 0.717) is 17.0 Å². The van der Waals surface area contributed by atoms with Gasteiger partial charge in [0.25, 0.3) is 5.91 Å². The van der Waals surface area contributed by atoms with E-state index >= 15 is 0 Å². The first-order valence-electron chi connectivity index (χ1n) is 7.43. The summed E-state index contributed by atoms with van der Waals surface area (Å²) in [6.07, 6.45) is 0. The first kappa shape index (κ1) is 16.4. The third-order valence-electron chi connectivity index (χ3n) is 3.54. The Morgan fingerprint density at radius 3 is 2.44 bits per heavy atom. The molecule has 0 aliphatic rings. The summed E-state index contributed by atoms with van der Waals surface area (Å²) >= 11 is 0. The van der Waals surface area contributed by atoms with Gasteiger partial charge < -0.3 is 14.5 Å². The Bertz CT molecular complexity index is 915. The first-order valence-corrected chi connectivity index (χ1v) is 7.43. The van der Waals surface area contributed by atoms with E-state index in [0.717, 1.165) is 0 Å². The summed E-state index contributed by atoms with van der Waals surface area (Å²) in [7, 11) is 1.27. The summed E-state index contributed by atoms with van der Waals surface area (Å²) in [6.45, 7) is 0. The van der Waals surface area contributed by atoms with Crippen molar-refractivity contribution in [1.82, 2.24) is 0 Å². The Morgan fingerprint density at radius 1 is 1.00 bits per heavy atom. The number of carbonyl (C=O) groups is 2. The lowest BCUT2D eigenvalue weighted by Gasteiger charge is -2.08. The lowest BCUT2D eigenvalue weighted by Crippen LogP contribution is -2.14. The van der Waals surface area contributed by atoms with E-state index in [1.807, 2.05) is 0 Å². The molecule has 3 rings (SSSR count). The monoisotopic (exact) mass is 339 g/mol. The minimum Gasteiger partial charge on any atom is -0.465 e. The number of esters is 1. The molecular weight excluding hydrogens is 325 g/mol. The van der Waals surface area contributed by atoms with E-state index in [-0.39, 0.29) is 17.1 Å². The molecule has 6 heteroatoms. The summed E-state index contributed by atoms with van der Waals surface area (Å²) in [5.74, 6) is -0.912. The number of ether oxygens (including phenoxy) is 1. The Balaban J connectivity index is 1.81. The van der Waals surface area contributed by atoms with Gasteiger partial charge in [0.2, 0.25) is 0 Å². The van der Waals surface area contributed by atoms with Gasteiger partial charge in [-0.3, -0.25) is 4.79 Å². The quantitative estimate of drug-likeness (QED) is 0.726. The fraction of sp³-hybridized carbons (Fsp3) is 0.0526. The summed E-state index contributed by atoms with van der Waals surface area (Å²) in [5, 5.41) is 2.62. The maximum absolute atomic E-state index is 13.0. The molecule has 0 fully saturated rings. The van der Waals surface area contributed by atoms with E-state index in [1.54, 1.807) is 42.5 Å². The Kier molecular flexibility index (Phi) is 4.61. The summed E-state index contributed by atoms with van der Waals surface area (Å²) in [5.41, 5.74) is 1.21. The molecule has 0 unspecified atom stereocenters. The normalized spacial score (nSPS) is 10.3. The number of hydrogen-bond acceptors (Lipinski definition) is 4. The highest BCUT2D eigenvalue weighted by molar-refractivity contribution is 6.06. The van der Waals surface area contributed by atoms with Gasteiger partial charge in [-0.2, -0.15) is 0 Å². The molecule has 25 heavy (non-hydrogen) atoms. The predicted octanol–water partition coefficient (Wildman–Crippen LogP) is 4.12. The van der Waals surface area contributed by atoms with E-state index in [2.05, 4.69) is 5.32 Å². The van der Waals surface area contributed by atoms with Gasteiger partial charge in [-0.25, -0.2) is 9.18 Å². The second kappa shape index (κ2) is 7.00. The number of methoxy groups -OCH3 is 1. The van der Waals surface area contributed by atoms with Crippen molar-refractivity contribution in [3.63, 3.8) is 0 Å². The molecule has 2 aromatic carbocycles. The SMILES string of the molecule is COC(=O)c1ccccc1NC(=O)c1ccc(-c2ccc(F)cc2)o1. The molecule has 5 nitrogen and oxygen atoms in total. The van der Waals surface area contributed by atoms with Gasteiger partial charge in [0.1, 0.15) is 11.6 Å². The van der Waals surface area contributed by atoms with Crippen LogP contribution in [0.3, 0.4) is 0 Å². The molecule has 0 aliphatic heterocycles. The zero-order valence-electron chi connectivity index (χ0n) is 13.3. The molecule has 126 valence electrons. The molecule has 3 aromatic rings. The highest BCUT2D eigenvalue weighted by atomic mass is 19.1. The van der Waals surface area contributed by atoms with Gasteiger partial charge in [-0.15, -0.1) is 0 Å². The van der Waals surface area contributed by atoms with Crippen LogP contribution in [0, 0.1) is 5.82 Å². The number of benzene rings is 2. The fourth-order valence-electron chi connectivity index (χ4n) is 2.29. The number of amides is 1. The molecule has 0 saturated carbocycles. The maximum atomic E-state index is 13.0. The fourth-order valence-corrected chi connectivity index (χ4v) is 2.29. The average Bonchev–Trinajstić information content (AvgIpc) is 3.12. The minimum atomic E-state index is -0.553. The molecule has 0 saturated heterocycles. The van der Waals surface area contributed by atoms with Crippen LogP contribution in [-0.4, -0.2) is 19.0 Å². The molecule has 1 N–H and O–H groups in total. The van der Waals surface area contributed by atoms with Crippen LogP contribution in [0.4, 0.5) is 10.1 Å². The number of rotatable bonds is 4. The van der Waals surface area contributed by atoms with Crippen LogP contribution < -0.4 is 5.32 Å². The molecule has 0 aliphatic carbocycles. The molecule has 1 amide bonds. The smallest absolute Gasteiger partial charge is 0.339 e. The predicted molar refractivity (Wildman–Crippen MR) is 89.8 cm³/mol. The van der Waals surface area contributed by atoms with Crippen LogP contribution in [-0.2, 0) is 4.74 Å². The van der Waals surface area contributed by atoms with Crippen LogP contribution in [0.1, 0.15) is 20.9 Å². The van der Waals surface area contributed by atoms with E-state index in [4.69, 9.17) is 9.15 Å². The molecule has 0 atom stereocenters. The Hall–Kier alpha value is -3.41. The van der Waals surface area contributed by atoms with Crippen molar-refractivity contribution in [2.75, 3.05) is 12.4 Å². The number of furan rings is 1. The molecular formula is C19H14FNO4. The Labute approximate surface area is 143 Å². The number of anilines is 1. The van der Waals surface area contributed by atoms with E-state index < -0.39 is 11.9 Å². The van der Waals surface area contributed by atoms with Crippen LogP contribution in [0.5, 0.6) is 0 Å². The number of para-hydroxylation sites is 1. The second-order valence-corrected chi connectivity index (χ2v) is 5.16. The Morgan fingerprint density at radius 2 is 1.72 bits per heavy atom. The zero-order valence-corrected chi connectivity index (χ0v) is 13.3. The van der Waals surface area contributed by atoms with Crippen molar-refractivity contribution in [3.05, 3.63) is 77.8 Å². The van der Waals surface area contributed by atoms with Crippen LogP contribution in [0.2, 0.25) is 0 Å². The van der Waals surface area contributed by atoms with Crippen molar-refractivity contribution in [1.29, 1.82) is 0 Å². The van der Waals surface area contributed by atoms with Gasteiger partial charge in [-0.05, 0) is 48.5 Å². The van der Waals surface area contributed by atoms with Gasteiger partial charge >= 0.3 is 5.97 Å². The molecule has 0 spiro atoms. The minimum absolute atomic E-state index is 0.0685. The van der Waals surface area contributed by atoms with Crippen molar-refractivity contribution < 1.29 is 23.1 Å². The highest BCUT2D eigenvalue weighted by Crippen LogP contribution is 2.24. The second-order valence-electron chi connectivity index (χ2n) is 5.16. The number of carbonyl (C=O) groups excluding carboxylic acids is 2. The highest BCUT2D eigenvalue weighted by Gasteiger charge is 2.17. The first-order chi connectivity index (χ1) is 12.1. The topological polar surface area (TPSA) is 68.5 Å². The largest absolute Gasteiger partial charge is 0.465 e. The number of nitrogens with one attached hydrogen (secondary N) is 1. The standard InChI is InChI=1S/C19H14FNO4/c1-24-19(23)14-4-2-3-5-15(14)21-18(22)17-11-10-16(25-17)12-6-8-13(20)9-7-12/h2-11H,1H3,(H,21,22). The average molecular weight is 339 g/mol. The summed E-state index contributed by atoms with van der Waals surface area (Å²) in [4.78, 5) is 24.1. The van der Waals surface area contributed by atoms with Crippen LogP contribution >= 0.6 is 0 Å².